The van der Waals surface area contributed by atoms with E-state index >= 15 is 0 Å². The number of nitrogens with one attached hydrogen (secondary N) is 2. The van der Waals surface area contributed by atoms with Gasteiger partial charge in [-0.05, 0) is 39.2 Å². The summed E-state index contributed by atoms with van der Waals surface area (Å²) in [6.45, 7) is 6.20. The van der Waals surface area contributed by atoms with Crippen molar-refractivity contribution in [1.29, 1.82) is 0 Å². The van der Waals surface area contributed by atoms with Crippen molar-refractivity contribution in [2.45, 2.75) is 58.1 Å². The summed E-state index contributed by atoms with van der Waals surface area (Å²) < 4.78 is 0. The average Bonchev–Trinajstić information content (AvgIpc) is 2.56. The molecule has 0 saturated carbocycles. The Balaban J connectivity index is 2.53. The van der Waals surface area contributed by atoms with Gasteiger partial charge < -0.3 is 20.6 Å². The van der Waals surface area contributed by atoms with Crippen molar-refractivity contribution in [1.82, 2.24) is 15.5 Å². The van der Waals surface area contributed by atoms with Crippen molar-refractivity contribution in [3.63, 3.8) is 0 Å². The van der Waals surface area contributed by atoms with E-state index < -0.39 is 6.10 Å². The normalized spacial score (nSPS) is 22.9. The lowest BCUT2D eigenvalue weighted by Gasteiger charge is -2.20. The van der Waals surface area contributed by atoms with Gasteiger partial charge in [-0.3, -0.25) is 9.59 Å². The Morgan fingerprint density at radius 3 is 2.76 bits per heavy atom. The van der Waals surface area contributed by atoms with E-state index in [2.05, 4.69) is 10.6 Å². The van der Waals surface area contributed by atoms with Crippen molar-refractivity contribution in [2.24, 2.45) is 0 Å². The largest absolute Gasteiger partial charge is 0.389 e. The zero-order valence-electron chi connectivity index (χ0n) is 15.5. The molecule has 6 nitrogen and oxygen atoms in total. The molecule has 142 valence electrons. The molecule has 1 aliphatic heterocycles. The SMILES string of the molecule is CC(=O)N1CCCCNC(/C=C/C/C=C\C(C)O)CC(=O)NCCC1. The topological polar surface area (TPSA) is 81.7 Å². The van der Waals surface area contributed by atoms with E-state index in [-0.39, 0.29) is 17.9 Å². The first kappa shape index (κ1) is 21.4. The van der Waals surface area contributed by atoms with Gasteiger partial charge in [0, 0.05) is 39.0 Å². The molecule has 1 aliphatic rings. The summed E-state index contributed by atoms with van der Waals surface area (Å²) in [6, 6.07) is 0.00427. The van der Waals surface area contributed by atoms with Crippen LogP contribution in [0.2, 0.25) is 0 Å². The van der Waals surface area contributed by atoms with Gasteiger partial charge in [-0.1, -0.05) is 24.3 Å². The number of amides is 2. The third-order valence-electron chi connectivity index (χ3n) is 4.09. The van der Waals surface area contributed by atoms with Gasteiger partial charge in [0.1, 0.15) is 0 Å². The van der Waals surface area contributed by atoms with Crippen LogP contribution in [-0.4, -0.2) is 60.1 Å². The van der Waals surface area contributed by atoms with E-state index in [9.17, 15) is 14.7 Å². The van der Waals surface area contributed by atoms with Crippen molar-refractivity contribution in [2.75, 3.05) is 26.2 Å². The Morgan fingerprint density at radius 1 is 1.28 bits per heavy atom. The van der Waals surface area contributed by atoms with Gasteiger partial charge in [0.25, 0.3) is 0 Å². The summed E-state index contributed by atoms with van der Waals surface area (Å²) in [7, 11) is 0. The maximum atomic E-state index is 12.1. The zero-order valence-corrected chi connectivity index (χ0v) is 15.5. The molecule has 0 aromatic heterocycles. The molecule has 1 rings (SSSR count). The summed E-state index contributed by atoms with van der Waals surface area (Å²) in [6.07, 6.45) is 11.1. The molecule has 3 N–H and O–H groups in total. The van der Waals surface area contributed by atoms with Crippen LogP contribution in [0.4, 0.5) is 0 Å². The number of carbonyl (C=O) groups is 2. The van der Waals surface area contributed by atoms with Gasteiger partial charge in [-0.15, -0.1) is 0 Å². The number of aliphatic hydroxyl groups is 1. The lowest BCUT2D eigenvalue weighted by Crippen LogP contribution is -2.35. The monoisotopic (exact) mass is 351 g/mol. The Labute approximate surface area is 151 Å². The number of aliphatic hydroxyl groups excluding tert-OH is 1. The fourth-order valence-corrected chi connectivity index (χ4v) is 2.72. The van der Waals surface area contributed by atoms with Crippen LogP contribution in [0.25, 0.3) is 0 Å². The molecule has 0 aromatic carbocycles. The molecule has 1 saturated heterocycles. The third-order valence-corrected chi connectivity index (χ3v) is 4.09. The Kier molecular flexibility index (Phi) is 10.8. The Bertz CT molecular complexity index is 461. The van der Waals surface area contributed by atoms with Crippen LogP contribution in [0.5, 0.6) is 0 Å². The fourth-order valence-electron chi connectivity index (χ4n) is 2.72. The van der Waals surface area contributed by atoms with E-state index in [1.807, 2.05) is 23.1 Å². The van der Waals surface area contributed by atoms with Crippen LogP contribution in [0.1, 0.15) is 46.0 Å². The van der Waals surface area contributed by atoms with Crippen molar-refractivity contribution >= 4 is 11.8 Å². The number of nitrogens with zero attached hydrogens (tertiary/aromatic N) is 1. The molecule has 25 heavy (non-hydrogen) atoms. The number of hydrogen-bond donors (Lipinski definition) is 3. The Hall–Kier alpha value is -1.66. The molecule has 1 heterocycles. The quantitative estimate of drug-likeness (QED) is 0.668. The second-order valence-electron chi connectivity index (χ2n) is 6.51. The summed E-state index contributed by atoms with van der Waals surface area (Å²) in [4.78, 5) is 25.5. The number of hydrogen-bond acceptors (Lipinski definition) is 4. The molecule has 2 amide bonds. The first-order valence-electron chi connectivity index (χ1n) is 9.26. The summed E-state index contributed by atoms with van der Waals surface area (Å²) in [5.41, 5.74) is 0. The number of rotatable bonds is 4. The lowest BCUT2D eigenvalue weighted by molar-refractivity contribution is -0.129. The second-order valence-corrected chi connectivity index (χ2v) is 6.51. The van der Waals surface area contributed by atoms with Gasteiger partial charge in [0.15, 0.2) is 0 Å². The van der Waals surface area contributed by atoms with Crippen molar-refractivity contribution in [3.05, 3.63) is 24.3 Å². The van der Waals surface area contributed by atoms with Crippen molar-refractivity contribution < 1.29 is 14.7 Å². The van der Waals surface area contributed by atoms with Gasteiger partial charge in [0.2, 0.25) is 11.8 Å². The minimum Gasteiger partial charge on any atom is -0.389 e. The van der Waals surface area contributed by atoms with Crippen LogP contribution >= 0.6 is 0 Å². The molecule has 0 radical (unpaired) electrons. The first-order chi connectivity index (χ1) is 12.0. The minimum atomic E-state index is -0.433. The van der Waals surface area contributed by atoms with Gasteiger partial charge in [-0.25, -0.2) is 0 Å². The van der Waals surface area contributed by atoms with E-state index in [1.165, 1.54) is 0 Å². The van der Waals surface area contributed by atoms with Gasteiger partial charge >= 0.3 is 0 Å². The molecule has 0 aliphatic carbocycles. The molecule has 1 fully saturated rings. The van der Waals surface area contributed by atoms with Gasteiger partial charge in [0.05, 0.1) is 6.10 Å². The van der Waals surface area contributed by atoms with E-state index in [0.29, 0.717) is 19.5 Å². The predicted molar refractivity (Wildman–Crippen MR) is 100 cm³/mol. The maximum absolute atomic E-state index is 12.1. The van der Waals surface area contributed by atoms with Crippen molar-refractivity contribution in [3.8, 4) is 0 Å². The molecule has 2 unspecified atom stereocenters. The summed E-state index contributed by atoms with van der Waals surface area (Å²) in [5.74, 6) is 0.121. The third kappa shape index (κ3) is 10.7. The van der Waals surface area contributed by atoms with Crippen LogP contribution in [0.15, 0.2) is 24.3 Å². The van der Waals surface area contributed by atoms with E-state index in [1.54, 1.807) is 19.9 Å². The average molecular weight is 351 g/mol. The maximum Gasteiger partial charge on any atom is 0.221 e. The summed E-state index contributed by atoms with van der Waals surface area (Å²) in [5, 5.41) is 15.5. The van der Waals surface area contributed by atoms with Crippen LogP contribution in [0.3, 0.4) is 0 Å². The first-order valence-corrected chi connectivity index (χ1v) is 9.26. The highest BCUT2D eigenvalue weighted by Crippen LogP contribution is 2.02. The highest BCUT2D eigenvalue weighted by Gasteiger charge is 2.13. The number of allylic oxidation sites excluding steroid dienone is 2. The molecular weight excluding hydrogens is 318 g/mol. The highest BCUT2D eigenvalue weighted by atomic mass is 16.3. The van der Waals surface area contributed by atoms with Crippen LogP contribution < -0.4 is 10.6 Å². The second kappa shape index (κ2) is 12.7. The molecular formula is C19H33N3O3. The lowest BCUT2D eigenvalue weighted by atomic mass is 10.1. The number of carbonyl (C=O) groups excluding carboxylic acids is 2. The molecule has 0 bridgehead atoms. The van der Waals surface area contributed by atoms with E-state index in [0.717, 1.165) is 38.8 Å². The Morgan fingerprint density at radius 2 is 2.04 bits per heavy atom. The minimum absolute atomic E-state index is 0.00427. The predicted octanol–water partition coefficient (Wildman–Crippen LogP) is 1.37. The van der Waals surface area contributed by atoms with E-state index in [4.69, 9.17) is 0 Å². The standard InChI is InChI=1S/C19H33N3O3/c1-16(23)9-4-3-5-10-18-15-19(25)21-12-8-14-22(17(2)24)13-7-6-11-20-18/h4-5,9-10,16,18,20,23H,3,6-8,11-15H2,1-2H3,(H,21,25)/b9-4-,10-5+. The van der Waals surface area contributed by atoms with Gasteiger partial charge in [-0.2, -0.15) is 0 Å². The molecule has 0 spiro atoms. The van der Waals surface area contributed by atoms with Crippen LogP contribution in [-0.2, 0) is 9.59 Å². The molecule has 2 atom stereocenters. The molecule has 0 aromatic rings. The summed E-state index contributed by atoms with van der Waals surface area (Å²) >= 11 is 0. The fraction of sp³-hybridized carbons (Fsp3) is 0.684. The molecule has 6 heteroatoms. The zero-order chi connectivity index (χ0) is 18.5. The smallest absolute Gasteiger partial charge is 0.221 e. The van der Waals surface area contributed by atoms with Crippen LogP contribution in [0, 0.1) is 0 Å². The highest BCUT2D eigenvalue weighted by molar-refractivity contribution is 5.76.